The van der Waals surface area contributed by atoms with Crippen molar-refractivity contribution in [2.45, 2.75) is 13.3 Å². The molecule has 0 aromatic carbocycles. The van der Waals surface area contributed by atoms with Gasteiger partial charge in [0.2, 0.25) is 0 Å². The number of carbonyl (C=O) groups is 2. The number of carbonyl (C=O) groups excluding carboxylic acids is 1. The topological polar surface area (TPSA) is 54.4 Å². The molecule has 1 N–H and O–H groups in total. The largest absolute Gasteiger partial charge is 0.478 e. The van der Waals surface area contributed by atoms with E-state index in [1.54, 1.807) is 19.1 Å². The van der Waals surface area contributed by atoms with Crippen LogP contribution in [0.1, 0.15) is 13.3 Å². The maximum atomic E-state index is 10.5. The molecule has 0 aromatic heterocycles. The molecule has 0 aliphatic heterocycles. The predicted molar refractivity (Wildman–Crippen MR) is 43.6 cm³/mol. The molecule has 0 radical (unpaired) electrons. The Morgan fingerprint density at radius 1 is 1.75 bits per heavy atom. The molecule has 1 aliphatic carbocycles. The van der Waals surface area contributed by atoms with E-state index in [2.05, 4.69) is 0 Å². The van der Waals surface area contributed by atoms with Crippen LogP contribution in [-0.4, -0.2) is 17.4 Å². The van der Waals surface area contributed by atoms with E-state index in [9.17, 15) is 9.59 Å². The predicted octanol–water partition coefficient (Wildman–Crippen LogP) is 1.16. The normalized spacial score (nSPS) is 27.9. The highest BCUT2D eigenvalue weighted by atomic mass is 16.4. The minimum atomic E-state index is -0.945. The summed E-state index contributed by atoms with van der Waals surface area (Å²) in [6.45, 7) is 1.77. The average molecular weight is 166 g/mol. The van der Waals surface area contributed by atoms with Crippen molar-refractivity contribution < 1.29 is 14.7 Å². The molecule has 1 aliphatic rings. The lowest BCUT2D eigenvalue weighted by Gasteiger charge is -2.19. The Hall–Kier alpha value is -1.38. The van der Waals surface area contributed by atoms with Gasteiger partial charge in [-0.25, -0.2) is 4.79 Å². The summed E-state index contributed by atoms with van der Waals surface area (Å²) in [6.07, 6.45) is 5.97. The van der Waals surface area contributed by atoms with E-state index in [4.69, 9.17) is 5.11 Å². The number of allylic oxidation sites excluding steroid dienone is 2. The smallest absolute Gasteiger partial charge is 0.335 e. The molecule has 0 fully saturated rings. The summed E-state index contributed by atoms with van der Waals surface area (Å²) in [5, 5.41) is 8.57. The fraction of sp³-hybridized carbons (Fsp3) is 0.333. The van der Waals surface area contributed by atoms with Crippen molar-refractivity contribution >= 4 is 12.3 Å². The molecular weight excluding hydrogens is 156 g/mol. The Bertz CT molecular complexity index is 275. The van der Waals surface area contributed by atoms with Crippen molar-refractivity contribution in [2.24, 2.45) is 5.41 Å². The Morgan fingerprint density at radius 3 is 2.75 bits per heavy atom. The molecule has 1 atom stereocenters. The molecule has 1 unspecified atom stereocenters. The minimum Gasteiger partial charge on any atom is -0.478 e. The van der Waals surface area contributed by atoms with Crippen LogP contribution in [0, 0.1) is 5.41 Å². The first kappa shape index (κ1) is 8.71. The number of carboxylic acids is 1. The van der Waals surface area contributed by atoms with Gasteiger partial charge in [0.05, 0.1) is 5.57 Å². The monoisotopic (exact) mass is 166 g/mol. The number of hydrogen-bond acceptors (Lipinski definition) is 2. The Balaban J connectivity index is 2.80. The molecule has 0 amide bonds. The van der Waals surface area contributed by atoms with E-state index in [0.717, 1.165) is 6.29 Å². The second-order valence-corrected chi connectivity index (χ2v) is 3.13. The lowest BCUT2D eigenvalue weighted by Crippen LogP contribution is -2.17. The van der Waals surface area contributed by atoms with Crippen molar-refractivity contribution in [3.63, 3.8) is 0 Å². The van der Waals surface area contributed by atoms with Gasteiger partial charge in [0.25, 0.3) is 0 Å². The molecule has 0 heterocycles. The molecule has 0 saturated heterocycles. The molecule has 64 valence electrons. The Labute approximate surface area is 70.4 Å². The van der Waals surface area contributed by atoms with Crippen LogP contribution in [0.2, 0.25) is 0 Å². The molecule has 3 nitrogen and oxygen atoms in total. The molecule has 12 heavy (non-hydrogen) atoms. The first-order chi connectivity index (χ1) is 5.57. The van der Waals surface area contributed by atoms with Gasteiger partial charge >= 0.3 is 5.97 Å². The van der Waals surface area contributed by atoms with Gasteiger partial charge in [0.1, 0.15) is 6.29 Å². The summed E-state index contributed by atoms with van der Waals surface area (Å²) < 4.78 is 0. The fourth-order valence-electron chi connectivity index (χ4n) is 0.992. The summed E-state index contributed by atoms with van der Waals surface area (Å²) >= 11 is 0. The second-order valence-electron chi connectivity index (χ2n) is 3.13. The van der Waals surface area contributed by atoms with Crippen LogP contribution in [0.15, 0.2) is 23.8 Å². The van der Waals surface area contributed by atoms with E-state index in [-0.39, 0.29) is 5.57 Å². The summed E-state index contributed by atoms with van der Waals surface area (Å²) in [7, 11) is 0. The molecular formula is C9H10O3. The van der Waals surface area contributed by atoms with Crippen molar-refractivity contribution in [1.29, 1.82) is 0 Å². The standard InChI is InChI=1S/C9H10O3/c1-9(6-10)4-2-7(3-5-9)8(11)12/h2-4,6H,5H2,1H3,(H,11,12). The van der Waals surface area contributed by atoms with Crippen LogP contribution >= 0.6 is 0 Å². The lowest BCUT2D eigenvalue weighted by molar-refractivity contribution is -0.132. The molecule has 1 rings (SSSR count). The minimum absolute atomic E-state index is 0.259. The van der Waals surface area contributed by atoms with Gasteiger partial charge in [-0.05, 0) is 13.3 Å². The van der Waals surface area contributed by atoms with Gasteiger partial charge < -0.3 is 9.90 Å². The number of carboxylic acid groups (broad SMARTS) is 1. The van der Waals surface area contributed by atoms with Crippen LogP contribution in [-0.2, 0) is 9.59 Å². The molecule has 0 spiro atoms. The van der Waals surface area contributed by atoms with Crippen LogP contribution in [0.3, 0.4) is 0 Å². The summed E-state index contributed by atoms with van der Waals surface area (Å²) in [6, 6.07) is 0. The second kappa shape index (κ2) is 2.93. The van der Waals surface area contributed by atoms with Gasteiger partial charge in [0, 0.05) is 5.41 Å². The highest BCUT2D eigenvalue weighted by Crippen LogP contribution is 2.26. The zero-order valence-corrected chi connectivity index (χ0v) is 6.78. The Morgan fingerprint density at radius 2 is 2.42 bits per heavy atom. The van der Waals surface area contributed by atoms with E-state index in [1.165, 1.54) is 6.08 Å². The van der Waals surface area contributed by atoms with Crippen molar-refractivity contribution in [2.75, 3.05) is 0 Å². The molecule has 0 bridgehead atoms. The van der Waals surface area contributed by atoms with E-state index in [1.807, 2.05) is 0 Å². The van der Waals surface area contributed by atoms with Gasteiger partial charge in [0.15, 0.2) is 0 Å². The Kier molecular flexibility index (Phi) is 2.13. The summed E-state index contributed by atoms with van der Waals surface area (Å²) in [5.74, 6) is -0.945. The van der Waals surface area contributed by atoms with Crippen molar-refractivity contribution in [3.8, 4) is 0 Å². The van der Waals surface area contributed by atoms with E-state index in [0.29, 0.717) is 6.42 Å². The van der Waals surface area contributed by atoms with Crippen LogP contribution in [0.25, 0.3) is 0 Å². The maximum absolute atomic E-state index is 10.5. The van der Waals surface area contributed by atoms with Gasteiger partial charge in [-0.3, -0.25) is 0 Å². The van der Waals surface area contributed by atoms with Gasteiger partial charge in [-0.2, -0.15) is 0 Å². The highest BCUT2D eigenvalue weighted by molar-refractivity contribution is 5.90. The SMILES string of the molecule is CC1(C=O)C=CC(C(=O)O)=CC1. The summed E-state index contributed by atoms with van der Waals surface area (Å²) in [4.78, 5) is 21.0. The molecule has 0 aromatic rings. The number of aliphatic carboxylic acids is 1. The van der Waals surface area contributed by atoms with Crippen LogP contribution < -0.4 is 0 Å². The van der Waals surface area contributed by atoms with Crippen LogP contribution in [0.5, 0.6) is 0 Å². The quantitative estimate of drug-likeness (QED) is 0.626. The third-order valence-electron chi connectivity index (χ3n) is 1.92. The number of aldehydes is 1. The zero-order valence-electron chi connectivity index (χ0n) is 6.78. The van der Waals surface area contributed by atoms with Crippen molar-refractivity contribution in [1.82, 2.24) is 0 Å². The fourth-order valence-corrected chi connectivity index (χ4v) is 0.992. The zero-order chi connectivity index (χ0) is 9.19. The molecule has 0 saturated carbocycles. The first-order valence-corrected chi connectivity index (χ1v) is 3.66. The first-order valence-electron chi connectivity index (χ1n) is 3.66. The highest BCUT2D eigenvalue weighted by Gasteiger charge is 2.22. The lowest BCUT2D eigenvalue weighted by atomic mass is 9.83. The maximum Gasteiger partial charge on any atom is 0.335 e. The van der Waals surface area contributed by atoms with Crippen LogP contribution in [0.4, 0.5) is 0 Å². The average Bonchev–Trinajstić information content (AvgIpc) is 2.05. The third kappa shape index (κ3) is 1.61. The molecule has 3 heteroatoms. The van der Waals surface area contributed by atoms with E-state index >= 15 is 0 Å². The van der Waals surface area contributed by atoms with Gasteiger partial charge in [-0.15, -0.1) is 0 Å². The van der Waals surface area contributed by atoms with Gasteiger partial charge in [-0.1, -0.05) is 18.2 Å². The van der Waals surface area contributed by atoms with Crippen molar-refractivity contribution in [3.05, 3.63) is 23.8 Å². The number of hydrogen-bond donors (Lipinski definition) is 1. The number of rotatable bonds is 2. The third-order valence-corrected chi connectivity index (χ3v) is 1.92. The summed E-state index contributed by atoms with van der Waals surface area (Å²) in [5.41, 5.74) is -0.256. The van der Waals surface area contributed by atoms with E-state index < -0.39 is 11.4 Å².